The fourth-order valence-electron chi connectivity index (χ4n) is 2.03. The second-order valence-electron chi connectivity index (χ2n) is 3.90. The summed E-state index contributed by atoms with van der Waals surface area (Å²) in [5, 5.41) is 7.73. The number of hydrogen-bond donors (Lipinski definition) is 1. The van der Waals surface area contributed by atoms with Crippen LogP contribution in [0.3, 0.4) is 0 Å². The van der Waals surface area contributed by atoms with Crippen molar-refractivity contribution in [3.05, 3.63) is 18.0 Å². The summed E-state index contributed by atoms with van der Waals surface area (Å²) in [5.41, 5.74) is 1.20. The number of nitrogens with one attached hydrogen (secondary N) is 1. The molecule has 0 saturated carbocycles. The summed E-state index contributed by atoms with van der Waals surface area (Å²) in [7, 11) is 1.98. The van der Waals surface area contributed by atoms with Gasteiger partial charge in [-0.3, -0.25) is 4.68 Å². The molecule has 2 unspecified atom stereocenters. The van der Waals surface area contributed by atoms with Crippen molar-refractivity contribution in [1.82, 2.24) is 15.1 Å². The molecule has 1 saturated heterocycles. The maximum absolute atomic E-state index is 5.85. The highest BCUT2D eigenvalue weighted by atomic mass is 32.2. The van der Waals surface area contributed by atoms with Gasteiger partial charge in [0.15, 0.2) is 0 Å². The summed E-state index contributed by atoms with van der Waals surface area (Å²) in [4.78, 5) is 0. The molecule has 0 bridgehead atoms. The molecule has 4 nitrogen and oxygen atoms in total. The van der Waals surface area contributed by atoms with Crippen LogP contribution in [0.25, 0.3) is 0 Å². The molecule has 1 aliphatic rings. The first-order valence-electron chi connectivity index (χ1n) is 5.73. The van der Waals surface area contributed by atoms with E-state index in [9.17, 15) is 0 Å². The van der Waals surface area contributed by atoms with Gasteiger partial charge in [0.25, 0.3) is 0 Å². The minimum absolute atomic E-state index is 0.255. The Morgan fingerprint density at radius 3 is 3.19 bits per heavy atom. The highest BCUT2D eigenvalue weighted by Gasteiger charge is 2.27. The molecule has 0 radical (unpaired) electrons. The maximum Gasteiger partial charge on any atom is 0.0875 e. The van der Waals surface area contributed by atoms with E-state index in [1.54, 1.807) is 0 Å². The molecule has 0 spiro atoms. The molecule has 2 rings (SSSR count). The molecule has 0 aromatic carbocycles. The topological polar surface area (TPSA) is 39.1 Å². The van der Waals surface area contributed by atoms with E-state index in [1.165, 1.54) is 5.69 Å². The fourth-order valence-corrected chi connectivity index (χ4v) is 2.94. The lowest BCUT2D eigenvalue weighted by Gasteiger charge is -2.30. The van der Waals surface area contributed by atoms with Crippen molar-refractivity contribution in [2.75, 3.05) is 24.7 Å². The van der Waals surface area contributed by atoms with Crippen LogP contribution >= 0.6 is 11.8 Å². The normalized spacial score (nSPS) is 23.2. The zero-order valence-electron chi connectivity index (χ0n) is 9.85. The summed E-state index contributed by atoms with van der Waals surface area (Å²) >= 11 is 1.97. The van der Waals surface area contributed by atoms with Gasteiger partial charge in [0.05, 0.1) is 24.4 Å². The van der Waals surface area contributed by atoms with Crippen LogP contribution < -0.4 is 5.32 Å². The number of likely N-dealkylation sites (N-methyl/N-ethyl adjacent to an activating group) is 1. The van der Waals surface area contributed by atoms with E-state index in [4.69, 9.17) is 4.74 Å². The van der Waals surface area contributed by atoms with Crippen molar-refractivity contribution in [2.45, 2.75) is 19.1 Å². The molecule has 16 heavy (non-hydrogen) atoms. The third-order valence-corrected chi connectivity index (χ3v) is 3.83. The zero-order chi connectivity index (χ0) is 11.4. The van der Waals surface area contributed by atoms with E-state index < -0.39 is 0 Å². The SMILES string of the molecule is CCNC(c1ccnn1C)C1CSCCO1. The highest BCUT2D eigenvalue weighted by molar-refractivity contribution is 7.99. The average Bonchev–Trinajstić information content (AvgIpc) is 2.73. The van der Waals surface area contributed by atoms with Gasteiger partial charge < -0.3 is 10.1 Å². The maximum atomic E-state index is 5.85. The average molecular weight is 241 g/mol. The number of hydrogen-bond acceptors (Lipinski definition) is 4. The minimum Gasteiger partial charge on any atom is -0.374 e. The quantitative estimate of drug-likeness (QED) is 0.860. The Morgan fingerprint density at radius 1 is 1.75 bits per heavy atom. The van der Waals surface area contributed by atoms with Gasteiger partial charge in [-0.05, 0) is 12.6 Å². The molecule has 5 heteroatoms. The Labute approximate surface area is 101 Å². The number of nitrogens with zero attached hydrogens (tertiary/aromatic N) is 2. The lowest BCUT2D eigenvalue weighted by Crippen LogP contribution is -2.39. The van der Waals surface area contributed by atoms with Crippen LogP contribution in [0.2, 0.25) is 0 Å². The molecule has 1 N–H and O–H groups in total. The van der Waals surface area contributed by atoms with Gasteiger partial charge in [-0.1, -0.05) is 6.92 Å². The molecular weight excluding hydrogens is 222 g/mol. The molecule has 90 valence electrons. The second-order valence-corrected chi connectivity index (χ2v) is 5.05. The lowest BCUT2D eigenvalue weighted by molar-refractivity contribution is 0.0451. The first-order chi connectivity index (χ1) is 7.83. The molecule has 1 aliphatic heterocycles. The monoisotopic (exact) mass is 241 g/mol. The molecule has 0 aliphatic carbocycles. The molecular formula is C11H19N3OS. The van der Waals surface area contributed by atoms with Crippen LogP contribution in [0.15, 0.2) is 12.3 Å². The minimum atomic E-state index is 0.255. The first kappa shape index (κ1) is 12.0. The van der Waals surface area contributed by atoms with Gasteiger partial charge in [-0.25, -0.2) is 0 Å². The van der Waals surface area contributed by atoms with E-state index in [0.29, 0.717) is 0 Å². The smallest absolute Gasteiger partial charge is 0.0875 e. The van der Waals surface area contributed by atoms with E-state index in [0.717, 1.165) is 24.7 Å². The van der Waals surface area contributed by atoms with Crippen molar-refractivity contribution in [2.24, 2.45) is 7.05 Å². The number of aryl methyl sites for hydroxylation is 1. The van der Waals surface area contributed by atoms with E-state index in [-0.39, 0.29) is 12.1 Å². The summed E-state index contributed by atoms with van der Waals surface area (Å²) in [6, 6.07) is 2.32. The van der Waals surface area contributed by atoms with Crippen LogP contribution in [-0.4, -0.2) is 40.5 Å². The Hall–Kier alpha value is -0.520. The molecule has 2 atom stereocenters. The van der Waals surface area contributed by atoms with Gasteiger partial charge in [0.1, 0.15) is 0 Å². The van der Waals surface area contributed by atoms with Crippen LogP contribution in [0.5, 0.6) is 0 Å². The summed E-state index contributed by atoms with van der Waals surface area (Å²) in [6.45, 7) is 3.93. The third-order valence-electron chi connectivity index (χ3n) is 2.82. The second kappa shape index (κ2) is 5.70. The predicted molar refractivity (Wildman–Crippen MR) is 66.7 cm³/mol. The molecule has 1 aromatic rings. The van der Waals surface area contributed by atoms with E-state index >= 15 is 0 Å². The fraction of sp³-hybridized carbons (Fsp3) is 0.727. The Kier molecular flexibility index (Phi) is 4.26. The Balaban J connectivity index is 2.12. The van der Waals surface area contributed by atoms with Crippen molar-refractivity contribution >= 4 is 11.8 Å². The predicted octanol–water partition coefficient (Wildman–Crippen LogP) is 1.20. The van der Waals surface area contributed by atoms with Crippen molar-refractivity contribution in [1.29, 1.82) is 0 Å². The van der Waals surface area contributed by atoms with Gasteiger partial charge >= 0.3 is 0 Å². The van der Waals surface area contributed by atoms with Crippen LogP contribution in [0.1, 0.15) is 18.7 Å². The number of ether oxygens (including phenoxy) is 1. The number of thioether (sulfide) groups is 1. The van der Waals surface area contributed by atoms with Crippen LogP contribution in [0, 0.1) is 0 Å². The summed E-state index contributed by atoms with van der Waals surface area (Å²) < 4.78 is 7.77. The zero-order valence-corrected chi connectivity index (χ0v) is 10.7. The van der Waals surface area contributed by atoms with Crippen molar-refractivity contribution < 1.29 is 4.74 Å². The standard InChI is InChI=1S/C11H19N3OS/c1-3-12-11(9-4-5-13-14(9)2)10-8-16-7-6-15-10/h4-5,10-12H,3,6-8H2,1-2H3. The third kappa shape index (κ3) is 2.59. The first-order valence-corrected chi connectivity index (χ1v) is 6.89. The number of rotatable bonds is 4. The molecule has 2 heterocycles. The molecule has 0 amide bonds. The molecule has 1 aromatic heterocycles. The van der Waals surface area contributed by atoms with Crippen LogP contribution in [0.4, 0.5) is 0 Å². The van der Waals surface area contributed by atoms with Crippen LogP contribution in [-0.2, 0) is 11.8 Å². The summed E-state index contributed by atoms with van der Waals surface area (Å²) in [6.07, 6.45) is 2.10. The largest absolute Gasteiger partial charge is 0.374 e. The Morgan fingerprint density at radius 2 is 2.62 bits per heavy atom. The van der Waals surface area contributed by atoms with Gasteiger partial charge in [-0.2, -0.15) is 16.9 Å². The Bertz CT molecular complexity index is 323. The lowest BCUT2D eigenvalue weighted by atomic mass is 10.1. The van der Waals surface area contributed by atoms with Crippen molar-refractivity contribution in [3.8, 4) is 0 Å². The summed E-state index contributed by atoms with van der Waals surface area (Å²) in [5.74, 6) is 2.17. The number of aromatic nitrogens is 2. The molecule has 1 fully saturated rings. The van der Waals surface area contributed by atoms with Gasteiger partial charge in [-0.15, -0.1) is 0 Å². The highest BCUT2D eigenvalue weighted by Crippen LogP contribution is 2.25. The van der Waals surface area contributed by atoms with Crippen molar-refractivity contribution in [3.63, 3.8) is 0 Å². The van der Waals surface area contributed by atoms with Gasteiger partial charge in [0, 0.05) is 24.8 Å². The van der Waals surface area contributed by atoms with E-state index in [2.05, 4.69) is 23.4 Å². The van der Waals surface area contributed by atoms with E-state index in [1.807, 2.05) is 29.7 Å². The van der Waals surface area contributed by atoms with Gasteiger partial charge in [0.2, 0.25) is 0 Å².